The van der Waals surface area contributed by atoms with Crippen LogP contribution in [0.4, 0.5) is 6.01 Å². The molecule has 0 radical (unpaired) electrons. The van der Waals surface area contributed by atoms with Crippen LogP contribution in [0.15, 0.2) is 22.6 Å². The van der Waals surface area contributed by atoms with E-state index >= 15 is 0 Å². The van der Waals surface area contributed by atoms with Gasteiger partial charge in [-0.25, -0.2) is 0 Å². The normalized spacial score (nSPS) is 16.5. The maximum Gasteiger partial charge on any atom is 0.298 e. The summed E-state index contributed by atoms with van der Waals surface area (Å²) in [6.07, 6.45) is 2.50. The minimum Gasteiger partial charge on any atom is -0.423 e. The summed E-state index contributed by atoms with van der Waals surface area (Å²) in [5, 5.41) is 0. The Balaban J connectivity index is 2.05. The highest BCUT2D eigenvalue weighted by molar-refractivity contribution is 5.75. The number of aryl methyl sites for hydroxylation is 1. The maximum atomic E-state index is 5.75. The van der Waals surface area contributed by atoms with Crippen LogP contribution in [-0.2, 0) is 0 Å². The van der Waals surface area contributed by atoms with E-state index in [4.69, 9.17) is 4.42 Å². The molecule has 15 heavy (non-hydrogen) atoms. The van der Waals surface area contributed by atoms with Crippen LogP contribution in [0.2, 0.25) is 0 Å². The smallest absolute Gasteiger partial charge is 0.298 e. The first kappa shape index (κ1) is 8.77. The Labute approximate surface area is 88.7 Å². The fraction of sp³-hybridized carbons (Fsp3) is 0.417. The molecule has 78 valence electrons. The molecule has 3 rings (SSSR count). The molecule has 1 aliphatic heterocycles. The zero-order valence-electron chi connectivity index (χ0n) is 8.86. The van der Waals surface area contributed by atoms with Crippen LogP contribution in [-0.4, -0.2) is 18.1 Å². The highest BCUT2D eigenvalue weighted by Gasteiger charge is 2.17. The van der Waals surface area contributed by atoms with E-state index in [1.807, 2.05) is 12.1 Å². The predicted molar refractivity (Wildman–Crippen MR) is 60.2 cm³/mol. The molecule has 3 heteroatoms. The van der Waals surface area contributed by atoms with Gasteiger partial charge in [-0.2, -0.15) is 4.98 Å². The van der Waals surface area contributed by atoms with Gasteiger partial charge in [0, 0.05) is 13.1 Å². The van der Waals surface area contributed by atoms with Crippen molar-refractivity contribution in [1.82, 2.24) is 4.98 Å². The molecule has 0 unspecified atom stereocenters. The molecular formula is C12H14N2O. The molecule has 1 aromatic carbocycles. The molecular weight excluding hydrogens is 188 g/mol. The van der Waals surface area contributed by atoms with Crippen molar-refractivity contribution in [3.63, 3.8) is 0 Å². The first-order chi connectivity index (χ1) is 7.33. The number of nitrogens with zero attached hydrogens (tertiary/aromatic N) is 2. The Hall–Kier alpha value is -1.51. The molecule has 0 spiro atoms. The number of oxazole rings is 1. The first-order valence-electron chi connectivity index (χ1n) is 5.45. The first-order valence-corrected chi connectivity index (χ1v) is 5.45. The second-order valence-corrected chi connectivity index (χ2v) is 4.16. The Morgan fingerprint density at radius 2 is 2.07 bits per heavy atom. The summed E-state index contributed by atoms with van der Waals surface area (Å²) in [4.78, 5) is 6.71. The van der Waals surface area contributed by atoms with Crippen molar-refractivity contribution >= 4 is 17.1 Å². The second-order valence-electron chi connectivity index (χ2n) is 4.16. The average molecular weight is 202 g/mol. The lowest BCUT2D eigenvalue weighted by Crippen LogP contribution is -2.17. The average Bonchev–Trinajstić information content (AvgIpc) is 2.84. The van der Waals surface area contributed by atoms with Gasteiger partial charge in [-0.05, 0) is 37.5 Å². The largest absolute Gasteiger partial charge is 0.423 e. The lowest BCUT2D eigenvalue weighted by molar-refractivity contribution is 0.585. The third-order valence-electron chi connectivity index (χ3n) is 2.91. The van der Waals surface area contributed by atoms with Gasteiger partial charge in [0.1, 0.15) is 5.52 Å². The molecule has 3 nitrogen and oxygen atoms in total. The molecule has 2 aromatic rings. The molecule has 0 aliphatic carbocycles. The number of anilines is 1. The third-order valence-corrected chi connectivity index (χ3v) is 2.91. The summed E-state index contributed by atoms with van der Waals surface area (Å²) in [7, 11) is 0. The minimum absolute atomic E-state index is 0.785. The highest BCUT2D eigenvalue weighted by Crippen LogP contribution is 2.25. The number of benzene rings is 1. The Kier molecular flexibility index (Phi) is 1.91. The van der Waals surface area contributed by atoms with E-state index in [1.54, 1.807) is 0 Å². The topological polar surface area (TPSA) is 29.3 Å². The van der Waals surface area contributed by atoms with Crippen molar-refractivity contribution < 1.29 is 4.42 Å². The van der Waals surface area contributed by atoms with Crippen molar-refractivity contribution in [2.45, 2.75) is 19.8 Å². The van der Waals surface area contributed by atoms with Gasteiger partial charge < -0.3 is 9.32 Å². The van der Waals surface area contributed by atoms with Crippen molar-refractivity contribution in [1.29, 1.82) is 0 Å². The summed E-state index contributed by atoms with van der Waals surface area (Å²) in [6, 6.07) is 6.92. The molecule has 0 N–H and O–H groups in total. The molecule has 1 fully saturated rings. The summed E-state index contributed by atoms with van der Waals surface area (Å²) < 4.78 is 5.75. The van der Waals surface area contributed by atoms with E-state index in [0.29, 0.717) is 0 Å². The molecule has 1 aliphatic rings. The van der Waals surface area contributed by atoms with Gasteiger partial charge >= 0.3 is 0 Å². The van der Waals surface area contributed by atoms with Crippen LogP contribution < -0.4 is 4.90 Å². The van der Waals surface area contributed by atoms with Gasteiger partial charge in [-0.15, -0.1) is 0 Å². The van der Waals surface area contributed by atoms with Crippen LogP contribution in [0.25, 0.3) is 11.1 Å². The van der Waals surface area contributed by atoms with Gasteiger partial charge in [0.25, 0.3) is 6.01 Å². The predicted octanol–water partition coefficient (Wildman–Crippen LogP) is 2.74. The Morgan fingerprint density at radius 1 is 1.27 bits per heavy atom. The van der Waals surface area contributed by atoms with E-state index in [-0.39, 0.29) is 0 Å². The lowest BCUT2D eigenvalue weighted by Gasteiger charge is -2.10. The van der Waals surface area contributed by atoms with E-state index < -0.39 is 0 Å². The maximum absolute atomic E-state index is 5.75. The van der Waals surface area contributed by atoms with Gasteiger partial charge in [0.15, 0.2) is 5.58 Å². The molecule has 0 bridgehead atoms. The summed E-state index contributed by atoms with van der Waals surface area (Å²) in [5.74, 6) is 0. The number of hydrogen-bond acceptors (Lipinski definition) is 3. The van der Waals surface area contributed by atoms with E-state index in [1.165, 1.54) is 18.4 Å². The van der Waals surface area contributed by atoms with E-state index in [0.717, 1.165) is 30.2 Å². The third kappa shape index (κ3) is 1.48. The molecule has 2 heterocycles. The number of rotatable bonds is 1. The van der Waals surface area contributed by atoms with Gasteiger partial charge in [0.05, 0.1) is 0 Å². The minimum atomic E-state index is 0.785. The summed E-state index contributed by atoms with van der Waals surface area (Å²) in [5.41, 5.74) is 3.08. The molecule has 1 saturated heterocycles. The number of hydrogen-bond donors (Lipinski definition) is 0. The van der Waals surface area contributed by atoms with Crippen molar-refractivity contribution in [2.24, 2.45) is 0 Å². The van der Waals surface area contributed by atoms with Crippen molar-refractivity contribution in [2.75, 3.05) is 18.0 Å². The van der Waals surface area contributed by atoms with Gasteiger partial charge in [0.2, 0.25) is 0 Å². The van der Waals surface area contributed by atoms with Crippen molar-refractivity contribution in [3.8, 4) is 0 Å². The van der Waals surface area contributed by atoms with Crippen LogP contribution in [0.3, 0.4) is 0 Å². The zero-order valence-corrected chi connectivity index (χ0v) is 8.86. The lowest BCUT2D eigenvalue weighted by atomic mass is 10.2. The van der Waals surface area contributed by atoms with Gasteiger partial charge in [-0.3, -0.25) is 0 Å². The number of fused-ring (bicyclic) bond motifs is 1. The Morgan fingerprint density at radius 3 is 2.87 bits per heavy atom. The van der Waals surface area contributed by atoms with Crippen LogP contribution in [0, 0.1) is 6.92 Å². The quantitative estimate of drug-likeness (QED) is 0.712. The monoisotopic (exact) mass is 202 g/mol. The van der Waals surface area contributed by atoms with Gasteiger partial charge in [-0.1, -0.05) is 6.07 Å². The van der Waals surface area contributed by atoms with E-state index in [2.05, 4.69) is 22.9 Å². The fourth-order valence-electron chi connectivity index (χ4n) is 2.06. The fourth-order valence-corrected chi connectivity index (χ4v) is 2.06. The standard InChI is InChI=1S/C12H14N2O/c1-9-4-5-10-11(8-9)15-12(13-10)14-6-2-3-7-14/h4-5,8H,2-3,6-7H2,1H3. The SMILES string of the molecule is Cc1ccc2nc(N3CCCC3)oc2c1. The second kappa shape index (κ2) is 3.26. The summed E-state index contributed by atoms with van der Waals surface area (Å²) >= 11 is 0. The zero-order chi connectivity index (χ0) is 10.3. The molecule has 0 atom stereocenters. The molecule has 0 amide bonds. The van der Waals surface area contributed by atoms with Crippen molar-refractivity contribution in [3.05, 3.63) is 23.8 Å². The highest BCUT2D eigenvalue weighted by atomic mass is 16.4. The molecule has 0 saturated carbocycles. The van der Waals surface area contributed by atoms with Crippen LogP contribution >= 0.6 is 0 Å². The molecule has 1 aromatic heterocycles. The van der Waals surface area contributed by atoms with E-state index in [9.17, 15) is 0 Å². The Bertz CT molecular complexity index is 483. The van der Waals surface area contributed by atoms with Crippen LogP contribution in [0.5, 0.6) is 0 Å². The summed E-state index contributed by atoms with van der Waals surface area (Å²) in [6.45, 7) is 4.22. The van der Waals surface area contributed by atoms with Crippen LogP contribution in [0.1, 0.15) is 18.4 Å². The number of aromatic nitrogens is 1.